The number of benzene rings is 1. The molecule has 1 amide bonds. The van der Waals surface area contributed by atoms with E-state index < -0.39 is 11.7 Å². The van der Waals surface area contributed by atoms with Crippen LogP contribution in [0.25, 0.3) is 0 Å². The molecule has 1 aromatic carbocycles. The van der Waals surface area contributed by atoms with Crippen molar-refractivity contribution in [3.63, 3.8) is 0 Å². The van der Waals surface area contributed by atoms with Crippen LogP contribution in [0.1, 0.15) is 15.9 Å². The second kappa shape index (κ2) is 4.22. The molecule has 1 aromatic rings. The number of nitrogens with zero attached hydrogens (tertiary/aromatic N) is 1. The van der Waals surface area contributed by atoms with Crippen LogP contribution in [-0.2, 0) is 0 Å². The number of hydrogen-bond acceptors (Lipinski definition) is 2. The minimum atomic E-state index is -0.537. The summed E-state index contributed by atoms with van der Waals surface area (Å²) in [6.45, 7) is 1.78. The molecule has 14 heavy (non-hydrogen) atoms. The number of carbonyl (C=O) groups is 1. The zero-order valence-corrected chi connectivity index (χ0v) is 10.0. The van der Waals surface area contributed by atoms with Gasteiger partial charge in [0.2, 0.25) is 0 Å². The van der Waals surface area contributed by atoms with E-state index in [9.17, 15) is 9.18 Å². The van der Waals surface area contributed by atoms with E-state index >= 15 is 0 Å². The van der Waals surface area contributed by atoms with Crippen LogP contribution in [0.5, 0.6) is 0 Å². The fourth-order valence-corrected chi connectivity index (χ4v) is 1.47. The highest BCUT2D eigenvalue weighted by molar-refractivity contribution is 14.1. The molecule has 0 aliphatic heterocycles. The maximum Gasteiger partial charge on any atom is 0.270 e. The molecule has 0 bridgehead atoms. The Morgan fingerprint density at radius 3 is 2.64 bits per heavy atom. The Morgan fingerprint density at radius 2 is 2.14 bits per heavy atom. The van der Waals surface area contributed by atoms with Gasteiger partial charge in [-0.1, -0.05) is 0 Å². The quantitative estimate of drug-likeness (QED) is 0.371. The SMILES string of the molecule is Cc1cc(F)c(C(=O)N(C)N)cc1I. The summed E-state index contributed by atoms with van der Waals surface area (Å²) in [6.07, 6.45) is 0. The third-order valence-electron chi connectivity index (χ3n) is 1.80. The molecule has 0 aliphatic carbocycles. The van der Waals surface area contributed by atoms with Gasteiger partial charge in [-0.15, -0.1) is 0 Å². The number of aryl methyl sites for hydroxylation is 1. The summed E-state index contributed by atoms with van der Waals surface area (Å²) in [5.74, 6) is 4.18. The lowest BCUT2D eigenvalue weighted by molar-refractivity contribution is 0.0790. The number of carbonyl (C=O) groups excluding carboxylic acids is 1. The summed E-state index contributed by atoms with van der Waals surface area (Å²) in [6, 6.07) is 2.83. The maximum absolute atomic E-state index is 13.3. The number of hydrazine groups is 1. The highest BCUT2D eigenvalue weighted by Crippen LogP contribution is 2.17. The minimum Gasteiger partial charge on any atom is -0.280 e. The Balaban J connectivity index is 3.22. The van der Waals surface area contributed by atoms with Crippen molar-refractivity contribution < 1.29 is 9.18 Å². The summed E-state index contributed by atoms with van der Waals surface area (Å²) >= 11 is 2.05. The number of halogens is 2. The van der Waals surface area contributed by atoms with E-state index in [1.165, 1.54) is 19.2 Å². The number of nitrogens with two attached hydrogens (primary N) is 1. The fraction of sp³-hybridized carbons (Fsp3) is 0.222. The molecule has 0 unspecified atom stereocenters. The Kier molecular flexibility index (Phi) is 3.43. The van der Waals surface area contributed by atoms with Crippen LogP contribution in [0.15, 0.2) is 12.1 Å². The van der Waals surface area contributed by atoms with Crippen LogP contribution in [0.4, 0.5) is 4.39 Å². The molecule has 1 rings (SSSR count). The van der Waals surface area contributed by atoms with Gasteiger partial charge in [0.05, 0.1) is 5.56 Å². The zero-order chi connectivity index (χ0) is 10.9. The van der Waals surface area contributed by atoms with E-state index in [2.05, 4.69) is 0 Å². The lowest BCUT2D eigenvalue weighted by Crippen LogP contribution is -2.33. The topological polar surface area (TPSA) is 46.3 Å². The molecule has 3 nitrogen and oxygen atoms in total. The Bertz CT molecular complexity index is 379. The lowest BCUT2D eigenvalue weighted by atomic mass is 10.1. The van der Waals surface area contributed by atoms with Crippen LogP contribution in [-0.4, -0.2) is 18.0 Å². The van der Waals surface area contributed by atoms with Crippen LogP contribution in [0, 0.1) is 16.3 Å². The van der Waals surface area contributed by atoms with Crippen LogP contribution in [0.2, 0.25) is 0 Å². The van der Waals surface area contributed by atoms with Gasteiger partial charge in [-0.3, -0.25) is 9.80 Å². The molecule has 0 aliphatic rings. The minimum absolute atomic E-state index is 0.00463. The van der Waals surface area contributed by atoms with E-state index in [-0.39, 0.29) is 5.56 Å². The summed E-state index contributed by atoms with van der Waals surface area (Å²) in [4.78, 5) is 11.4. The van der Waals surface area contributed by atoms with Gasteiger partial charge in [0.1, 0.15) is 5.82 Å². The van der Waals surface area contributed by atoms with Gasteiger partial charge in [0.25, 0.3) is 5.91 Å². The predicted octanol–water partition coefficient (Wildman–Crippen LogP) is 1.68. The van der Waals surface area contributed by atoms with E-state index in [1.54, 1.807) is 6.92 Å². The molecule has 0 heterocycles. The molecular weight excluding hydrogens is 298 g/mol. The summed E-state index contributed by atoms with van der Waals surface area (Å²) in [5.41, 5.74) is 0.810. The van der Waals surface area contributed by atoms with Crippen LogP contribution < -0.4 is 5.84 Å². The Morgan fingerprint density at radius 1 is 1.57 bits per heavy atom. The average Bonchev–Trinajstić information content (AvgIpc) is 2.10. The van der Waals surface area contributed by atoms with E-state index in [1.807, 2.05) is 22.6 Å². The van der Waals surface area contributed by atoms with E-state index in [0.29, 0.717) is 0 Å². The first-order valence-corrected chi connectivity index (χ1v) is 4.99. The Labute approximate surface area is 95.2 Å². The normalized spacial score (nSPS) is 10.1. The van der Waals surface area contributed by atoms with Gasteiger partial charge in [-0.05, 0) is 47.2 Å². The third kappa shape index (κ3) is 2.21. The molecular formula is C9H10FIN2O. The van der Waals surface area contributed by atoms with E-state index in [0.717, 1.165) is 14.1 Å². The lowest BCUT2D eigenvalue weighted by Gasteiger charge is -2.11. The van der Waals surface area contributed by atoms with Crippen molar-refractivity contribution >= 4 is 28.5 Å². The van der Waals surface area contributed by atoms with Crippen molar-refractivity contribution in [2.24, 2.45) is 5.84 Å². The summed E-state index contributed by atoms with van der Waals surface area (Å²) < 4.78 is 14.2. The molecule has 0 spiro atoms. The van der Waals surface area contributed by atoms with Crippen molar-refractivity contribution in [3.8, 4) is 0 Å². The standard InChI is InChI=1S/C9H10FIN2O/c1-5-3-7(10)6(4-8(5)11)9(14)13(2)12/h3-4H,12H2,1-2H3. The molecule has 0 aromatic heterocycles. The molecule has 5 heteroatoms. The number of rotatable bonds is 1. The van der Waals surface area contributed by atoms with Gasteiger partial charge in [-0.25, -0.2) is 10.2 Å². The monoisotopic (exact) mass is 308 g/mol. The summed E-state index contributed by atoms with van der Waals surface area (Å²) in [5, 5.41) is 0.865. The van der Waals surface area contributed by atoms with Crippen LogP contribution in [0.3, 0.4) is 0 Å². The third-order valence-corrected chi connectivity index (χ3v) is 2.96. The van der Waals surface area contributed by atoms with Gasteiger partial charge >= 0.3 is 0 Å². The van der Waals surface area contributed by atoms with Crippen molar-refractivity contribution in [3.05, 3.63) is 32.6 Å². The van der Waals surface area contributed by atoms with Crippen molar-refractivity contribution in [2.75, 3.05) is 7.05 Å². The zero-order valence-electron chi connectivity index (χ0n) is 7.84. The fourth-order valence-electron chi connectivity index (χ4n) is 1.00. The molecule has 0 saturated heterocycles. The van der Waals surface area contributed by atoms with Gasteiger partial charge < -0.3 is 0 Å². The predicted molar refractivity (Wildman–Crippen MR) is 60.1 cm³/mol. The molecule has 0 radical (unpaired) electrons. The van der Waals surface area contributed by atoms with Gasteiger partial charge in [0, 0.05) is 10.6 Å². The van der Waals surface area contributed by atoms with Crippen molar-refractivity contribution in [1.82, 2.24) is 5.01 Å². The molecule has 0 fully saturated rings. The second-order valence-electron chi connectivity index (χ2n) is 3.00. The second-order valence-corrected chi connectivity index (χ2v) is 4.16. The molecule has 2 N–H and O–H groups in total. The maximum atomic E-state index is 13.3. The first-order valence-electron chi connectivity index (χ1n) is 3.92. The highest BCUT2D eigenvalue weighted by Gasteiger charge is 2.15. The van der Waals surface area contributed by atoms with Gasteiger partial charge in [0.15, 0.2) is 0 Å². The highest BCUT2D eigenvalue weighted by atomic mass is 127. The smallest absolute Gasteiger partial charge is 0.270 e. The molecule has 76 valence electrons. The first-order chi connectivity index (χ1) is 6.43. The largest absolute Gasteiger partial charge is 0.280 e. The van der Waals surface area contributed by atoms with Crippen LogP contribution >= 0.6 is 22.6 Å². The average molecular weight is 308 g/mol. The number of amides is 1. The summed E-state index contributed by atoms with van der Waals surface area (Å²) in [7, 11) is 1.38. The van der Waals surface area contributed by atoms with E-state index in [4.69, 9.17) is 5.84 Å². The first kappa shape index (κ1) is 11.4. The molecule has 0 saturated carbocycles. The van der Waals surface area contributed by atoms with Crippen molar-refractivity contribution in [2.45, 2.75) is 6.92 Å². The molecule has 0 atom stereocenters. The number of hydrogen-bond donors (Lipinski definition) is 1. The van der Waals surface area contributed by atoms with Gasteiger partial charge in [-0.2, -0.15) is 0 Å². The Hall–Kier alpha value is -0.690. The van der Waals surface area contributed by atoms with Crippen molar-refractivity contribution in [1.29, 1.82) is 0 Å².